The molecule has 0 aromatic heterocycles. The summed E-state index contributed by atoms with van der Waals surface area (Å²) in [6.45, 7) is 7.29. The zero-order chi connectivity index (χ0) is 13.9. The van der Waals surface area contributed by atoms with Gasteiger partial charge in [-0.15, -0.1) is 0 Å². The van der Waals surface area contributed by atoms with Crippen LogP contribution in [0.3, 0.4) is 0 Å². The van der Waals surface area contributed by atoms with Crippen molar-refractivity contribution in [2.24, 2.45) is 0 Å². The van der Waals surface area contributed by atoms with E-state index in [2.05, 4.69) is 21.2 Å². The molecule has 0 aliphatic heterocycles. The van der Waals surface area contributed by atoms with Crippen LogP contribution in [-0.2, 0) is 9.53 Å². The summed E-state index contributed by atoms with van der Waals surface area (Å²) in [6.07, 6.45) is 0. The monoisotopic (exact) mass is 333 g/mol. The van der Waals surface area contributed by atoms with Gasteiger partial charge in [0.15, 0.2) is 0 Å². The standard InChI is InChI=1S/C13H17BrClNO2/c1-8(12(17)18-13(2,3)4)16-9-5-6-11(15)10(14)7-9/h5-8,16H,1-4H3. The predicted octanol–water partition coefficient (Wildman–Crippen LogP) is 4.24. The minimum Gasteiger partial charge on any atom is -0.458 e. The number of rotatable bonds is 3. The Balaban J connectivity index is 2.66. The van der Waals surface area contributed by atoms with Crippen molar-refractivity contribution in [2.75, 3.05) is 5.32 Å². The minimum absolute atomic E-state index is 0.284. The molecule has 0 aliphatic rings. The smallest absolute Gasteiger partial charge is 0.328 e. The maximum atomic E-state index is 11.8. The lowest BCUT2D eigenvalue weighted by Crippen LogP contribution is -2.34. The number of hydrogen-bond acceptors (Lipinski definition) is 3. The van der Waals surface area contributed by atoms with Crippen LogP contribution in [-0.4, -0.2) is 17.6 Å². The van der Waals surface area contributed by atoms with Crippen molar-refractivity contribution < 1.29 is 9.53 Å². The van der Waals surface area contributed by atoms with E-state index in [-0.39, 0.29) is 5.97 Å². The normalized spacial score (nSPS) is 13.0. The molecule has 0 saturated carbocycles. The zero-order valence-electron chi connectivity index (χ0n) is 10.9. The third kappa shape index (κ3) is 4.86. The van der Waals surface area contributed by atoms with E-state index in [0.29, 0.717) is 5.02 Å². The van der Waals surface area contributed by atoms with Gasteiger partial charge in [-0.1, -0.05) is 11.6 Å². The summed E-state index contributed by atoms with van der Waals surface area (Å²) in [5.41, 5.74) is 0.331. The molecule has 1 atom stereocenters. The first-order valence-electron chi connectivity index (χ1n) is 5.63. The summed E-state index contributed by atoms with van der Waals surface area (Å²) in [5, 5.41) is 3.70. The first kappa shape index (κ1) is 15.3. The van der Waals surface area contributed by atoms with Crippen LogP contribution in [0.2, 0.25) is 5.02 Å². The van der Waals surface area contributed by atoms with Crippen LogP contribution in [0.25, 0.3) is 0 Å². The summed E-state index contributed by atoms with van der Waals surface area (Å²) >= 11 is 9.23. The van der Waals surface area contributed by atoms with Crippen molar-refractivity contribution in [2.45, 2.75) is 39.3 Å². The van der Waals surface area contributed by atoms with Gasteiger partial charge >= 0.3 is 5.97 Å². The van der Waals surface area contributed by atoms with Crippen molar-refractivity contribution in [3.63, 3.8) is 0 Å². The molecule has 1 N–H and O–H groups in total. The SMILES string of the molecule is CC(Nc1ccc(Cl)c(Br)c1)C(=O)OC(C)(C)C. The Hall–Kier alpha value is -0.740. The molecular weight excluding hydrogens is 318 g/mol. The highest BCUT2D eigenvalue weighted by Gasteiger charge is 2.21. The predicted molar refractivity (Wildman–Crippen MR) is 78.1 cm³/mol. The van der Waals surface area contributed by atoms with E-state index in [1.165, 1.54) is 0 Å². The number of nitrogens with one attached hydrogen (secondary N) is 1. The van der Waals surface area contributed by atoms with Crippen molar-refractivity contribution in [1.29, 1.82) is 0 Å². The Labute approximate surface area is 121 Å². The average Bonchev–Trinajstić information content (AvgIpc) is 2.21. The van der Waals surface area contributed by atoms with Gasteiger partial charge < -0.3 is 10.1 Å². The molecular formula is C13H17BrClNO2. The largest absolute Gasteiger partial charge is 0.458 e. The highest BCUT2D eigenvalue weighted by atomic mass is 79.9. The van der Waals surface area contributed by atoms with Crippen molar-refractivity contribution in [3.05, 3.63) is 27.7 Å². The van der Waals surface area contributed by atoms with Gasteiger partial charge in [0.1, 0.15) is 11.6 Å². The van der Waals surface area contributed by atoms with Crippen LogP contribution >= 0.6 is 27.5 Å². The molecule has 0 fully saturated rings. The lowest BCUT2D eigenvalue weighted by molar-refractivity contribution is -0.155. The first-order chi connectivity index (χ1) is 8.19. The van der Waals surface area contributed by atoms with Gasteiger partial charge in [-0.3, -0.25) is 0 Å². The van der Waals surface area contributed by atoms with Crippen molar-refractivity contribution in [3.8, 4) is 0 Å². The fraction of sp³-hybridized carbons (Fsp3) is 0.462. The van der Waals surface area contributed by atoms with Crippen LogP contribution in [0.15, 0.2) is 22.7 Å². The molecule has 100 valence electrons. The molecule has 18 heavy (non-hydrogen) atoms. The van der Waals surface area contributed by atoms with E-state index in [1.54, 1.807) is 13.0 Å². The molecule has 0 radical (unpaired) electrons. The van der Waals surface area contributed by atoms with Crippen LogP contribution in [0.5, 0.6) is 0 Å². The van der Waals surface area contributed by atoms with Crippen LogP contribution in [0.1, 0.15) is 27.7 Å². The third-order valence-corrected chi connectivity index (χ3v) is 3.28. The minimum atomic E-state index is -0.479. The average molecular weight is 335 g/mol. The molecule has 5 heteroatoms. The Kier molecular flexibility index (Phi) is 5.05. The van der Waals surface area contributed by atoms with Gasteiger partial charge in [-0.05, 0) is 61.8 Å². The van der Waals surface area contributed by atoms with Gasteiger partial charge in [-0.25, -0.2) is 4.79 Å². The van der Waals surface area contributed by atoms with E-state index in [1.807, 2.05) is 32.9 Å². The Morgan fingerprint density at radius 1 is 1.44 bits per heavy atom. The van der Waals surface area contributed by atoms with Gasteiger partial charge in [-0.2, -0.15) is 0 Å². The second-order valence-electron chi connectivity index (χ2n) is 5.03. The van der Waals surface area contributed by atoms with Crippen LogP contribution in [0, 0.1) is 0 Å². The zero-order valence-corrected chi connectivity index (χ0v) is 13.2. The number of esters is 1. The fourth-order valence-corrected chi connectivity index (χ4v) is 1.78. The second-order valence-corrected chi connectivity index (χ2v) is 6.29. The first-order valence-corrected chi connectivity index (χ1v) is 6.80. The van der Waals surface area contributed by atoms with Gasteiger partial charge in [0.2, 0.25) is 0 Å². The quantitative estimate of drug-likeness (QED) is 0.840. The maximum absolute atomic E-state index is 11.8. The van der Waals surface area contributed by atoms with Gasteiger partial charge in [0.05, 0.1) is 5.02 Å². The molecule has 1 aromatic carbocycles. The number of carbonyl (C=O) groups excluding carboxylic acids is 1. The number of carbonyl (C=O) groups is 1. The highest BCUT2D eigenvalue weighted by molar-refractivity contribution is 9.10. The number of ether oxygens (including phenoxy) is 1. The number of benzene rings is 1. The molecule has 0 aliphatic carbocycles. The van der Waals surface area contributed by atoms with E-state index in [0.717, 1.165) is 10.2 Å². The lowest BCUT2D eigenvalue weighted by atomic mass is 10.2. The fourth-order valence-electron chi connectivity index (χ4n) is 1.29. The molecule has 0 bridgehead atoms. The Morgan fingerprint density at radius 2 is 2.06 bits per heavy atom. The van der Waals surface area contributed by atoms with E-state index < -0.39 is 11.6 Å². The van der Waals surface area contributed by atoms with E-state index in [9.17, 15) is 4.79 Å². The van der Waals surface area contributed by atoms with Crippen molar-refractivity contribution >= 4 is 39.2 Å². The number of halogens is 2. The Bertz CT molecular complexity index is 443. The number of hydrogen-bond donors (Lipinski definition) is 1. The molecule has 0 amide bonds. The maximum Gasteiger partial charge on any atom is 0.328 e. The summed E-state index contributed by atoms with van der Waals surface area (Å²) < 4.78 is 6.07. The van der Waals surface area contributed by atoms with Gasteiger partial charge in [0.25, 0.3) is 0 Å². The summed E-state index contributed by atoms with van der Waals surface area (Å²) in [7, 11) is 0. The lowest BCUT2D eigenvalue weighted by Gasteiger charge is -2.23. The van der Waals surface area contributed by atoms with Crippen molar-refractivity contribution in [1.82, 2.24) is 0 Å². The summed E-state index contributed by atoms with van der Waals surface area (Å²) in [4.78, 5) is 11.8. The van der Waals surface area contributed by atoms with E-state index >= 15 is 0 Å². The van der Waals surface area contributed by atoms with Crippen LogP contribution in [0.4, 0.5) is 5.69 Å². The third-order valence-electron chi connectivity index (χ3n) is 2.06. The molecule has 1 unspecified atom stereocenters. The van der Waals surface area contributed by atoms with E-state index in [4.69, 9.17) is 16.3 Å². The summed E-state index contributed by atoms with van der Waals surface area (Å²) in [6, 6.07) is 4.98. The van der Waals surface area contributed by atoms with Gasteiger partial charge in [0, 0.05) is 10.2 Å². The number of anilines is 1. The molecule has 0 heterocycles. The summed E-state index contributed by atoms with van der Waals surface area (Å²) in [5.74, 6) is -0.284. The van der Waals surface area contributed by atoms with Crippen LogP contribution < -0.4 is 5.32 Å². The molecule has 1 aromatic rings. The highest BCUT2D eigenvalue weighted by Crippen LogP contribution is 2.26. The molecule has 1 rings (SSSR count). The topological polar surface area (TPSA) is 38.3 Å². The molecule has 3 nitrogen and oxygen atoms in total. The second kappa shape index (κ2) is 5.93. The molecule has 0 spiro atoms. The molecule has 0 saturated heterocycles. The Morgan fingerprint density at radius 3 is 2.56 bits per heavy atom.